The molecule has 84 heavy (non-hydrogen) atoms. The molecule has 0 saturated heterocycles. The van der Waals surface area contributed by atoms with Gasteiger partial charge in [0.15, 0.2) is 0 Å². The monoisotopic (exact) mass is 1120 g/mol. The van der Waals surface area contributed by atoms with E-state index in [0.29, 0.717) is 13.4 Å². The topological polar surface area (TPSA) is 120 Å². The van der Waals surface area contributed by atoms with Crippen molar-refractivity contribution in [2.75, 3.05) is 29.6 Å². The molecule has 1 radical (unpaired) electrons. The largest absolute Gasteiger partial charge is 0.569 e. The summed E-state index contributed by atoms with van der Waals surface area (Å²) in [7, 11) is 2.57. The van der Waals surface area contributed by atoms with E-state index in [4.69, 9.17) is 22.2 Å². The molecule has 0 aliphatic carbocycles. The molecule has 0 amide bonds. The minimum Gasteiger partial charge on any atom is -0.537 e. The smallest absolute Gasteiger partial charge is 0.537 e. The average Bonchev–Trinajstić information content (AvgIpc) is 3.57. The number of benzene rings is 11. The molecule has 0 bridgehead atoms. The fraction of sp³-hybridized carbons (Fsp3) is 0.143. The number of nitrogens with one attached hydrogen (secondary N) is 1. The van der Waals surface area contributed by atoms with Crippen molar-refractivity contribution in [1.29, 1.82) is 0 Å². The first-order chi connectivity index (χ1) is 40.3. The van der Waals surface area contributed by atoms with E-state index in [0.717, 1.165) is 42.0 Å². The zero-order chi connectivity index (χ0) is 59.2. The second kappa shape index (κ2) is 52.8. The van der Waals surface area contributed by atoms with Gasteiger partial charge in [-0.15, -0.1) is 0 Å². The summed E-state index contributed by atoms with van der Waals surface area (Å²) in [5, 5.41) is 11.2. The Bertz CT molecular complexity index is 2640. The molecule has 0 aliphatic rings. The molecule has 11 aromatic rings. The highest BCUT2D eigenvalue weighted by Gasteiger charge is 1.95. The van der Waals surface area contributed by atoms with Gasteiger partial charge in [0.1, 0.15) is 0 Å². The van der Waals surface area contributed by atoms with E-state index >= 15 is 0 Å². The maximum Gasteiger partial charge on any atom is 0.569 e. The van der Waals surface area contributed by atoms with Crippen LogP contribution in [0.3, 0.4) is 0 Å². The highest BCUT2D eigenvalue weighted by atomic mass is 16.5. The zero-order valence-electron chi connectivity index (χ0n) is 48.7. The van der Waals surface area contributed by atoms with Crippen molar-refractivity contribution >= 4 is 30.4 Å². The van der Waals surface area contributed by atoms with E-state index in [1.165, 1.54) is 39.8 Å². The highest BCUT2D eigenvalue weighted by Crippen LogP contribution is 2.11. The first-order valence-corrected chi connectivity index (χ1v) is 27.9. The van der Waals surface area contributed by atoms with Gasteiger partial charge in [-0.1, -0.05) is 322 Å². The van der Waals surface area contributed by atoms with Gasteiger partial charge in [0.2, 0.25) is 0 Å². The number of hydrogen-bond acceptors (Lipinski definition) is 6. The van der Waals surface area contributed by atoms with E-state index < -0.39 is 0 Å². The van der Waals surface area contributed by atoms with Gasteiger partial charge in [-0.2, -0.15) is 0 Å². The molecule has 0 aliphatic heterocycles. The molecule has 0 fully saturated rings. The fourth-order valence-electron chi connectivity index (χ4n) is 6.81. The first kappa shape index (κ1) is 74.4. The van der Waals surface area contributed by atoms with Gasteiger partial charge in [0.05, 0.1) is 5.75 Å². The van der Waals surface area contributed by atoms with E-state index in [2.05, 4.69) is 206 Å². The van der Waals surface area contributed by atoms with E-state index in [9.17, 15) is 0 Å². The molecule has 0 heterocycles. The summed E-state index contributed by atoms with van der Waals surface area (Å²) >= 11 is 0. The summed E-state index contributed by atoms with van der Waals surface area (Å²) in [6.07, 6.45) is 4.34. The van der Waals surface area contributed by atoms with Crippen molar-refractivity contribution in [1.82, 2.24) is 0 Å². The third-order valence-electron chi connectivity index (χ3n) is 10.7. The predicted molar refractivity (Wildman–Crippen MR) is 371 cm³/mol. The highest BCUT2D eigenvalue weighted by molar-refractivity contribution is 6.17. The molecular weight excluding hydrogens is 1020 g/mol. The van der Waals surface area contributed by atoms with Gasteiger partial charge in [-0.25, -0.2) is 0 Å². The molecule has 11 rings (SSSR count). The first-order valence-electron chi connectivity index (χ1n) is 27.9. The average molecular weight is 1120 g/mol. The van der Waals surface area contributed by atoms with Crippen LogP contribution < -0.4 is 27.2 Å². The Morgan fingerprint density at radius 1 is 0.310 bits per heavy atom. The van der Waals surface area contributed by atoms with Crippen LogP contribution in [0.15, 0.2) is 334 Å². The molecule has 0 saturated carbocycles. The van der Waals surface area contributed by atoms with Crippen LogP contribution in [-0.2, 0) is 19.3 Å². The maximum atomic E-state index is 8.17. The van der Waals surface area contributed by atoms with Crippen LogP contribution in [-0.4, -0.2) is 19.8 Å². The third kappa shape index (κ3) is 40.6. The molecule has 0 aromatic heterocycles. The predicted octanol–water partition coefficient (Wildman–Crippen LogP) is 19.7. The molecule has 11 aromatic carbocycles. The molecule has 0 spiro atoms. The van der Waals surface area contributed by atoms with Crippen LogP contribution in [0.2, 0.25) is 0 Å². The van der Waals surface area contributed by atoms with E-state index in [-0.39, 0.29) is 14.9 Å². The Balaban J connectivity index is 0.000000935. The van der Waals surface area contributed by atoms with Crippen LogP contribution in [0.5, 0.6) is 5.75 Å². The number of para-hydroxylation sites is 5. The number of nitrogen functional groups attached to an aromatic ring is 3. The van der Waals surface area contributed by atoms with Gasteiger partial charge in [-0.3, -0.25) is 0 Å². The van der Waals surface area contributed by atoms with Crippen molar-refractivity contribution in [3.63, 3.8) is 0 Å². The van der Waals surface area contributed by atoms with Gasteiger partial charge in [0, 0.05) is 29.8 Å². The van der Waals surface area contributed by atoms with Crippen molar-refractivity contribution in [3.05, 3.63) is 367 Å². The molecule has 6 nitrogen and oxygen atoms in total. The number of hydrogen-bond donors (Lipinski definition) is 5. The molecule has 0 unspecified atom stereocenters. The second-order valence-corrected chi connectivity index (χ2v) is 17.5. The Morgan fingerprint density at radius 2 is 0.476 bits per heavy atom. The Labute approximate surface area is 508 Å². The van der Waals surface area contributed by atoms with E-state index in [1.807, 2.05) is 160 Å². The lowest BCUT2D eigenvalue weighted by molar-refractivity contribution is 0.454. The van der Waals surface area contributed by atoms with Crippen LogP contribution >= 0.6 is 0 Å². The molecular formula is C77H94BN4O2. The van der Waals surface area contributed by atoms with Crippen molar-refractivity contribution in [2.45, 2.75) is 68.2 Å². The van der Waals surface area contributed by atoms with Crippen LogP contribution in [0.1, 0.15) is 82.3 Å². The number of nitrogens with two attached hydrogens (primary N) is 3. The number of rotatable bonds is 9. The summed E-state index contributed by atoms with van der Waals surface area (Å²) < 4.78 is 4.64. The van der Waals surface area contributed by atoms with Crippen molar-refractivity contribution in [3.8, 4) is 5.75 Å². The minimum atomic E-state index is 0. The number of anilines is 4. The summed E-state index contributed by atoms with van der Waals surface area (Å²) in [5.74, 6) is 0.639. The molecule has 437 valence electrons. The van der Waals surface area contributed by atoms with E-state index in [1.54, 1.807) is 12.1 Å². The third-order valence-corrected chi connectivity index (χ3v) is 10.7. The molecule has 8 N–H and O–H groups in total. The van der Waals surface area contributed by atoms with Gasteiger partial charge in [-0.05, 0) is 113 Å². The van der Waals surface area contributed by atoms with Crippen molar-refractivity contribution < 1.29 is 9.68 Å². The summed E-state index contributed by atoms with van der Waals surface area (Å²) in [6, 6.07) is 111. The second-order valence-electron chi connectivity index (χ2n) is 17.5. The Kier molecular flexibility index (Phi) is 46.8. The molecule has 0 atom stereocenters. The van der Waals surface area contributed by atoms with Crippen molar-refractivity contribution in [2.24, 2.45) is 0 Å². The lowest BCUT2D eigenvalue weighted by Crippen LogP contribution is -1.98. The normalized spacial score (nSPS) is 8.74. The maximum absolute atomic E-state index is 8.17. The zero-order valence-corrected chi connectivity index (χ0v) is 48.7. The summed E-state index contributed by atoms with van der Waals surface area (Å²) in [6.45, 7) is 8.25. The summed E-state index contributed by atoms with van der Waals surface area (Å²) in [5.41, 5.74) is 27.9. The summed E-state index contributed by atoms with van der Waals surface area (Å²) in [4.78, 5) is 0. The van der Waals surface area contributed by atoms with Gasteiger partial charge in [0.25, 0.3) is 0 Å². The standard InChI is InChI=1S/3C13H12.C7H9N.C6H6BO2.3C6H7N.C3H8.C2H6.2CH4/c3*1-3-7-12(8-4-1)11-13-9-5-2-6-10-13;1-8-7-5-3-2-4-6-7;8-7-9-6-4-2-1-3-5-6;3*7-6-4-2-1-3-5-6;1-3-2;1-2;;/h3*1-10H,11H2;2-6,8H,1H3;1-5,8H;3*1-5H,7H2;3H2,1-2H3;1-2H3;2*1H4. The quantitative estimate of drug-likeness (QED) is 0.0726. The molecule has 7 heteroatoms. The van der Waals surface area contributed by atoms with Gasteiger partial charge >= 0.3 is 7.69 Å². The van der Waals surface area contributed by atoms with Crippen LogP contribution in [0.25, 0.3) is 0 Å². The van der Waals surface area contributed by atoms with Crippen LogP contribution in [0, 0.1) is 0 Å². The van der Waals surface area contributed by atoms with Crippen LogP contribution in [0.4, 0.5) is 22.7 Å². The van der Waals surface area contributed by atoms with Gasteiger partial charge < -0.3 is 32.2 Å². The fourth-order valence-corrected chi connectivity index (χ4v) is 6.81. The lowest BCUT2D eigenvalue weighted by atomic mass is 10.1. The Hall–Kier alpha value is -9.56. The Morgan fingerprint density at radius 3 is 0.619 bits per heavy atom. The minimum absolute atomic E-state index is 0. The SMILES string of the molecule is C.C.CC.CCC.CNc1ccccc1.Nc1ccccc1.Nc1ccccc1.Nc1ccccc1.O[B]Oc1ccccc1.c1ccc(Cc2ccccc2)cc1.c1ccc(Cc2ccccc2)cc1.c1ccc(Cc2ccccc2)cc1. The lowest BCUT2D eigenvalue weighted by Gasteiger charge is -2.00.